The van der Waals surface area contributed by atoms with Crippen molar-refractivity contribution in [3.05, 3.63) is 0 Å². The Morgan fingerprint density at radius 1 is 1.33 bits per heavy atom. The molecule has 0 aromatic heterocycles. The molecule has 0 N–H and O–H groups in total. The Labute approximate surface area is 84.3 Å². The third kappa shape index (κ3) is 1.65. The van der Waals surface area contributed by atoms with E-state index >= 15 is 0 Å². The monoisotopic (exact) mass is 202 g/mol. The smallest absolute Gasteiger partial charge is 0.0253 e. The molecule has 3 atom stereocenters. The molecule has 2 aliphatic heterocycles. The SMILES string of the molecule is CC1CCC(C)(C2CCCS2)S1. The van der Waals surface area contributed by atoms with Gasteiger partial charge in [0, 0.05) is 15.2 Å². The Balaban J connectivity index is 2.00. The summed E-state index contributed by atoms with van der Waals surface area (Å²) in [6.07, 6.45) is 5.83. The van der Waals surface area contributed by atoms with Crippen LogP contribution in [-0.2, 0) is 0 Å². The molecule has 2 fully saturated rings. The molecule has 0 aromatic rings. The lowest BCUT2D eigenvalue weighted by Crippen LogP contribution is -2.29. The first-order valence-corrected chi connectivity index (χ1v) is 6.93. The molecule has 0 radical (unpaired) electrons. The van der Waals surface area contributed by atoms with Crippen molar-refractivity contribution >= 4 is 23.5 Å². The maximum atomic E-state index is 2.49. The van der Waals surface area contributed by atoms with Crippen LogP contribution in [0.25, 0.3) is 0 Å². The fourth-order valence-corrected chi connectivity index (χ4v) is 5.82. The highest BCUT2D eigenvalue weighted by Gasteiger charge is 2.41. The summed E-state index contributed by atoms with van der Waals surface area (Å²) in [6, 6.07) is 0. The van der Waals surface area contributed by atoms with Crippen LogP contribution < -0.4 is 0 Å². The molecule has 2 rings (SSSR count). The summed E-state index contributed by atoms with van der Waals surface area (Å²) in [5.74, 6) is 1.41. The number of thioether (sulfide) groups is 2. The normalized spacial score (nSPS) is 48.5. The minimum Gasteiger partial charge on any atom is -0.157 e. The van der Waals surface area contributed by atoms with Crippen molar-refractivity contribution < 1.29 is 0 Å². The zero-order valence-corrected chi connectivity index (χ0v) is 9.64. The van der Waals surface area contributed by atoms with Crippen LogP contribution in [0.1, 0.15) is 39.5 Å². The second-order valence-electron chi connectivity index (χ2n) is 4.28. The van der Waals surface area contributed by atoms with Crippen molar-refractivity contribution in [1.82, 2.24) is 0 Å². The van der Waals surface area contributed by atoms with Gasteiger partial charge in [-0.15, -0.1) is 0 Å². The molecular formula is C10H18S2. The van der Waals surface area contributed by atoms with Crippen molar-refractivity contribution in [2.45, 2.75) is 54.8 Å². The lowest BCUT2D eigenvalue weighted by molar-refractivity contribution is 0.556. The van der Waals surface area contributed by atoms with Gasteiger partial charge in [-0.3, -0.25) is 0 Å². The molecule has 0 saturated carbocycles. The zero-order chi connectivity index (χ0) is 8.60. The largest absolute Gasteiger partial charge is 0.157 e. The van der Waals surface area contributed by atoms with Crippen LogP contribution in [0.2, 0.25) is 0 Å². The topological polar surface area (TPSA) is 0 Å². The maximum absolute atomic E-state index is 2.49. The van der Waals surface area contributed by atoms with Crippen LogP contribution in [0.15, 0.2) is 0 Å². The second-order valence-corrected chi connectivity index (χ2v) is 7.57. The highest BCUT2D eigenvalue weighted by molar-refractivity contribution is 8.04. The van der Waals surface area contributed by atoms with E-state index in [-0.39, 0.29) is 0 Å². The Morgan fingerprint density at radius 3 is 2.67 bits per heavy atom. The van der Waals surface area contributed by atoms with Gasteiger partial charge in [0.05, 0.1) is 0 Å². The molecule has 12 heavy (non-hydrogen) atoms. The first-order valence-electron chi connectivity index (χ1n) is 5.00. The van der Waals surface area contributed by atoms with E-state index in [0.717, 1.165) is 10.5 Å². The van der Waals surface area contributed by atoms with Gasteiger partial charge < -0.3 is 0 Å². The van der Waals surface area contributed by atoms with Gasteiger partial charge in [0.25, 0.3) is 0 Å². The standard InChI is InChI=1S/C10H18S2/c1-8-5-6-10(2,12-8)9-4-3-7-11-9/h8-9H,3-7H2,1-2H3. The predicted molar refractivity (Wildman–Crippen MR) is 60.2 cm³/mol. The Bertz CT molecular complexity index is 163. The molecule has 2 heteroatoms. The Kier molecular flexibility index (Phi) is 2.66. The summed E-state index contributed by atoms with van der Waals surface area (Å²) in [6.45, 7) is 4.87. The molecular weight excluding hydrogens is 184 g/mol. The van der Waals surface area contributed by atoms with Crippen LogP contribution in [0.3, 0.4) is 0 Å². The summed E-state index contributed by atoms with van der Waals surface area (Å²) in [7, 11) is 0. The fourth-order valence-electron chi connectivity index (χ4n) is 2.36. The van der Waals surface area contributed by atoms with Crippen LogP contribution >= 0.6 is 23.5 Å². The third-order valence-electron chi connectivity index (χ3n) is 3.13. The van der Waals surface area contributed by atoms with Gasteiger partial charge in [-0.1, -0.05) is 6.92 Å². The molecule has 3 unspecified atom stereocenters. The summed E-state index contributed by atoms with van der Waals surface area (Å²) < 4.78 is 0.626. The second kappa shape index (κ2) is 3.45. The third-order valence-corrected chi connectivity index (χ3v) is 6.63. The minimum absolute atomic E-state index is 0.626. The average molecular weight is 202 g/mol. The predicted octanol–water partition coefficient (Wildman–Crippen LogP) is 3.56. The van der Waals surface area contributed by atoms with Crippen molar-refractivity contribution in [3.8, 4) is 0 Å². The highest BCUT2D eigenvalue weighted by atomic mass is 32.2. The van der Waals surface area contributed by atoms with E-state index in [1.807, 2.05) is 0 Å². The number of rotatable bonds is 1. The first-order chi connectivity index (χ1) is 5.71. The summed E-state index contributed by atoms with van der Waals surface area (Å²) >= 11 is 4.46. The maximum Gasteiger partial charge on any atom is 0.0253 e. The molecule has 2 saturated heterocycles. The summed E-state index contributed by atoms with van der Waals surface area (Å²) in [5, 5.41) is 1.88. The van der Waals surface area contributed by atoms with Crippen molar-refractivity contribution in [2.75, 3.05) is 5.75 Å². The molecule has 0 nitrogen and oxygen atoms in total. The molecule has 2 heterocycles. The van der Waals surface area contributed by atoms with Gasteiger partial charge in [-0.05, 0) is 38.4 Å². The molecule has 0 aliphatic carbocycles. The Morgan fingerprint density at radius 2 is 2.17 bits per heavy atom. The van der Waals surface area contributed by atoms with Gasteiger partial charge in [0.2, 0.25) is 0 Å². The van der Waals surface area contributed by atoms with Crippen LogP contribution in [0.5, 0.6) is 0 Å². The molecule has 0 bridgehead atoms. The lowest BCUT2D eigenvalue weighted by atomic mass is 9.97. The summed E-state index contributed by atoms with van der Waals surface area (Å²) in [4.78, 5) is 0. The average Bonchev–Trinajstić information content (AvgIpc) is 2.59. The zero-order valence-electron chi connectivity index (χ0n) is 8.01. The number of hydrogen-bond acceptors (Lipinski definition) is 2. The molecule has 70 valence electrons. The highest BCUT2D eigenvalue weighted by Crippen LogP contribution is 2.51. The van der Waals surface area contributed by atoms with Gasteiger partial charge >= 0.3 is 0 Å². The first kappa shape index (κ1) is 9.26. The summed E-state index contributed by atoms with van der Waals surface area (Å²) in [5.41, 5.74) is 0. The van der Waals surface area contributed by atoms with Gasteiger partial charge in [0.1, 0.15) is 0 Å². The minimum atomic E-state index is 0.626. The van der Waals surface area contributed by atoms with E-state index in [2.05, 4.69) is 37.4 Å². The van der Waals surface area contributed by atoms with Crippen LogP contribution in [0.4, 0.5) is 0 Å². The van der Waals surface area contributed by atoms with Crippen LogP contribution in [-0.4, -0.2) is 21.0 Å². The van der Waals surface area contributed by atoms with E-state index in [1.54, 1.807) is 0 Å². The lowest BCUT2D eigenvalue weighted by Gasteiger charge is -2.29. The molecule has 0 aromatic carbocycles. The fraction of sp³-hybridized carbons (Fsp3) is 1.00. The van der Waals surface area contributed by atoms with E-state index in [1.165, 1.54) is 31.4 Å². The van der Waals surface area contributed by atoms with Crippen molar-refractivity contribution in [3.63, 3.8) is 0 Å². The molecule has 0 amide bonds. The van der Waals surface area contributed by atoms with E-state index in [9.17, 15) is 0 Å². The van der Waals surface area contributed by atoms with Crippen LogP contribution in [0, 0.1) is 0 Å². The van der Waals surface area contributed by atoms with Crippen molar-refractivity contribution in [2.24, 2.45) is 0 Å². The quantitative estimate of drug-likeness (QED) is 0.638. The van der Waals surface area contributed by atoms with E-state index in [4.69, 9.17) is 0 Å². The molecule has 2 aliphatic rings. The van der Waals surface area contributed by atoms with Gasteiger partial charge in [-0.2, -0.15) is 23.5 Å². The molecule has 0 spiro atoms. The number of hydrogen-bond donors (Lipinski definition) is 0. The van der Waals surface area contributed by atoms with Crippen molar-refractivity contribution in [1.29, 1.82) is 0 Å². The van der Waals surface area contributed by atoms with Gasteiger partial charge in [-0.25, -0.2) is 0 Å². The van der Waals surface area contributed by atoms with Gasteiger partial charge in [0.15, 0.2) is 0 Å². The Hall–Kier alpha value is 0.700. The van der Waals surface area contributed by atoms with E-state index < -0.39 is 0 Å². The van der Waals surface area contributed by atoms with E-state index in [0.29, 0.717) is 4.75 Å².